The molecule has 15 heavy (non-hydrogen) atoms. The van der Waals surface area contributed by atoms with Crippen molar-refractivity contribution in [1.82, 2.24) is 0 Å². The van der Waals surface area contributed by atoms with Crippen LogP contribution in [0.15, 0.2) is 36.4 Å². The van der Waals surface area contributed by atoms with Crippen LogP contribution in [0.5, 0.6) is 5.75 Å². The summed E-state index contributed by atoms with van der Waals surface area (Å²) < 4.78 is 0. The molecule has 2 aromatic rings. The molecule has 0 unspecified atom stereocenters. The van der Waals surface area contributed by atoms with Gasteiger partial charge >= 0.3 is 0 Å². The molecule has 2 heteroatoms. The summed E-state index contributed by atoms with van der Waals surface area (Å²) in [5.41, 5.74) is -0.102. The number of aliphatic hydroxyl groups is 1. The first-order chi connectivity index (χ1) is 7.19. The van der Waals surface area contributed by atoms with Crippen molar-refractivity contribution in [2.75, 3.05) is 0 Å². The Labute approximate surface area is 87.8 Å². The molecule has 2 N–H and O–H groups in total. The first-order valence-corrected chi connectivity index (χ1v) is 5.14. The Morgan fingerprint density at radius 1 is 1.00 bits per heavy atom. The fourth-order valence-electron chi connectivity index (χ4n) is 1.99. The van der Waals surface area contributed by atoms with Gasteiger partial charge in [0.05, 0.1) is 5.60 Å². The molecule has 1 fully saturated rings. The van der Waals surface area contributed by atoms with Gasteiger partial charge in [-0.1, -0.05) is 24.3 Å². The molecule has 0 spiro atoms. The van der Waals surface area contributed by atoms with Gasteiger partial charge < -0.3 is 10.2 Å². The Bertz CT molecular complexity index is 527. The lowest BCUT2D eigenvalue weighted by Crippen LogP contribution is -2.04. The van der Waals surface area contributed by atoms with Crippen molar-refractivity contribution < 1.29 is 10.2 Å². The predicted molar refractivity (Wildman–Crippen MR) is 58.7 cm³/mol. The van der Waals surface area contributed by atoms with Gasteiger partial charge in [0, 0.05) is 5.56 Å². The molecule has 2 aromatic carbocycles. The largest absolute Gasteiger partial charge is 0.508 e. The molecule has 0 aliphatic heterocycles. The van der Waals surface area contributed by atoms with Gasteiger partial charge in [-0.2, -0.15) is 0 Å². The van der Waals surface area contributed by atoms with Crippen molar-refractivity contribution in [2.24, 2.45) is 0 Å². The molecule has 2 nitrogen and oxygen atoms in total. The van der Waals surface area contributed by atoms with Crippen LogP contribution < -0.4 is 0 Å². The highest BCUT2D eigenvalue weighted by atomic mass is 16.3. The molecule has 0 aromatic heterocycles. The number of aromatic hydroxyl groups is 1. The van der Waals surface area contributed by atoms with Crippen LogP contribution in [0.3, 0.4) is 0 Å². The van der Waals surface area contributed by atoms with Crippen LogP contribution in [0, 0.1) is 0 Å². The van der Waals surface area contributed by atoms with Gasteiger partial charge in [0.1, 0.15) is 5.75 Å². The normalized spacial score (nSPS) is 17.9. The highest BCUT2D eigenvalue weighted by Gasteiger charge is 2.44. The lowest BCUT2D eigenvalue weighted by molar-refractivity contribution is 0.148. The fraction of sp³-hybridized carbons (Fsp3) is 0.231. The maximum absolute atomic E-state index is 9.98. The minimum absolute atomic E-state index is 0.203. The molecule has 0 atom stereocenters. The number of fused-ring (bicyclic) bond motifs is 1. The van der Waals surface area contributed by atoms with Gasteiger partial charge in [-0.3, -0.25) is 0 Å². The van der Waals surface area contributed by atoms with Crippen LogP contribution >= 0.6 is 0 Å². The molecule has 1 aliphatic carbocycles. The topological polar surface area (TPSA) is 40.5 Å². The van der Waals surface area contributed by atoms with E-state index in [0.717, 1.165) is 23.6 Å². The molecule has 1 aliphatic rings. The second-order valence-corrected chi connectivity index (χ2v) is 4.25. The number of rotatable bonds is 1. The molecule has 0 saturated heterocycles. The van der Waals surface area contributed by atoms with Crippen molar-refractivity contribution in [2.45, 2.75) is 18.4 Å². The predicted octanol–water partition coefficient (Wildman–Crippen LogP) is 2.53. The summed E-state index contributed by atoms with van der Waals surface area (Å²) >= 11 is 0. The highest BCUT2D eigenvalue weighted by molar-refractivity contribution is 5.85. The summed E-state index contributed by atoms with van der Waals surface area (Å²) in [6.45, 7) is 0. The molecule has 0 radical (unpaired) electrons. The van der Waals surface area contributed by atoms with E-state index in [1.54, 1.807) is 6.07 Å². The fourth-order valence-corrected chi connectivity index (χ4v) is 1.99. The standard InChI is InChI=1S/C13H12O2/c14-12-8-10-4-2-1-3-9(10)7-11(12)13(15)5-6-13/h1-4,7-8,14-15H,5-6H2. The van der Waals surface area contributed by atoms with Gasteiger partial charge in [-0.05, 0) is 35.7 Å². The number of hydrogen-bond acceptors (Lipinski definition) is 2. The first-order valence-electron chi connectivity index (χ1n) is 5.14. The van der Waals surface area contributed by atoms with Crippen LogP contribution in [0.1, 0.15) is 18.4 Å². The first kappa shape index (κ1) is 8.74. The third-order valence-corrected chi connectivity index (χ3v) is 3.09. The average molecular weight is 200 g/mol. The molecule has 0 heterocycles. The van der Waals surface area contributed by atoms with Crippen LogP contribution in [0.4, 0.5) is 0 Å². The van der Waals surface area contributed by atoms with Crippen LogP contribution in [0.2, 0.25) is 0 Å². The zero-order valence-corrected chi connectivity index (χ0v) is 8.27. The smallest absolute Gasteiger partial charge is 0.122 e. The molecular weight excluding hydrogens is 188 g/mol. The van der Waals surface area contributed by atoms with Gasteiger partial charge in [0.2, 0.25) is 0 Å². The number of phenols is 1. The van der Waals surface area contributed by atoms with E-state index in [1.165, 1.54) is 0 Å². The van der Waals surface area contributed by atoms with Crippen molar-refractivity contribution >= 4 is 10.8 Å². The Morgan fingerprint density at radius 2 is 1.60 bits per heavy atom. The molecular formula is C13H12O2. The quantitative estimate of drug-likeness (QED) is 0.742. The van der Waals surface area contributed by atoms with E-state index in [9.17, 15) is 10.2 Å². The summed E-state index contributed by atoms with van der Waals surface area (Å²) in [7, 11) is 0. The summed E-state index contributed by atoms with van der Waals surface area (Å²) in [6, 6.07) is 11.5. The zero-order valence-electron chi connectivity index (χ0n) is 8.27. The minimum Gasteiger partial charge on any atom is -0.508 e. The maximum atomic E-state index is 9.98. The van der Waals surface area contributed by atoms with Crippen molar-refractivity contribution in [3.05, 3.63) is 42.0 Å². The lowest BCUT2D eigenvalue weighted by atomic mass is 10.0. The van der Waals surface area contributed by atoms with Crippen molar-refractivity contribution in [3.8, 4) is 5.75 Å². The SMILES string of the molecule is Oc1cc2ccccc2cc1C1(O)CC1. The Morgan fingerprint density at radius 3 is 2.20 bits per heavy atom. The molecule has 0 amide bonds. The monoisotopic (exact) mass is 200 g/mol. The van der Waals surface area contributed by atoms with Gasteiger partial charge in [-0.25, -0.2) is 0 Å². The second kappa shape index (κ2) is 2.74. The van der Waals surface area contributed by atoms with E-state index >= 15 is 0 Å². The molecule has 76 valence electrons. The van der Waals surface area contributed by atoms with E-state index in [2.05, 4.69) is 0 Å². The zero-order chi connectivity index (χ0) is 10.5. The lowest BCUT2D eigenvalue weighted by Gasteiger charge is -2.11. The van der Waals surface area contributed by atoms with Crippen LogP contribution in [-0.4, -0.2) is 10.2 Å². The Kier molecular flexibility index (Phi) is 1.59. The highest BCUT2D eigenvalue weighted by Crippen LogP contribution is 2.49. The summed E-state index contributed by atoms with van der Waals surface area (Å²) in [5, 5.41) is 21.9. The maximum Gasteiger partial charge on any atom is 0.122 e. The minimum atomic E-state index is -0.770. The molecule has 3 rings (SSSR count). The summed E-state index contributed by atoms with van der Waals surface area (Å²) in [6.07, 6.45) is 1.50. The number of benzene rings is 2. The Hall–Kier alpha value is -1.54. The van der Waals surface area contributed by atoms with E-state index in [1.807, 2.05) is 30.3 Å². The van der Waals surface area contributed by atoms with Crippen molar-refractivity contribution in [1.29, 1.82) is 0 Å². The number of hydrogen-bond donors (Lipinski definition) is 2. The van der Waals surface area contributed by atoms with Gasteiger partial charge in [0.25, 0.3) is 0 Å². The van der Waals surface area contributed by atoms with E-state index in [4.69, 9.17) is 0 Å². The van der Waals surface area contributed by atoms with Crippen LogP contribution in [0.25, 0.3) is 10.8 Å². The third-order valence-electron chi connectivity index (χ3n) is 3.09. The summed E-state index contributed by atoms with van der Waals surface area (Å²) in [5.74, 6) is 0.203. The van der Waals surface area contributed by atoms with Crippen molar-refractivity contribution in [3.63, 3.8) is 0 Å². The van der Waals surface area contributed by atoms with E-state index < -0.39 is 5.60 Å². The van der Waals surface area contributed by atoms with Gasteiger partial charge in [-0.15, -0.1) is 0 Å². The second-order valence-electron chi connectivity index (χ2n) is 4.25. The molecule has 1 saturated carbocycles. The molecule has 0 bridgehead atoms. The third kappa shape index (κ3) is 1.29. The van der Waals surface area contributed by atoms with Gasteiger partial charge in [0.15, 0.2) is 0 Å². The number of phenolic OH excluding ortho intramolecular Hbond substituents is 1. The average Bonchev–Trinajstić information content (AvgIpc) is 2.96. The van der Waals surface area contributed by atoms with Crippen LogP contribution in [-0.2, 0) is 5.60 Å². The Balaban J connectivity index is 2.27. The summed E-state index contributed by atoms with van der Waals surface area (Å²) in [4.78, 5) is 0. The van der Waals surface area contributed by atoms with E-state index in [-0.39, 0.29) is 5.75 Å². The van der Waals surface area contributed by atoms with E-state index in [0.29, 0.717) is 5.56 Å².